The molecule has 0 fully saturated rings. The summed E-state index contributed by atoms with van der Waals surface area (Å²) in [5, 5.41) is 8.35. The number of hydrogen-bond donors (Lipinski definition) is 0. The van der Waals surface area contributed by atoms with Crippen LogP contribution in [0.15, 0.2) is 29.4 Å². The van der Waals surface area contributed by atoms with Crippen LogP contribution in [0.1, 0.15) is 19.3 Å². The number of hydrogen-bond acceptors (Lipinski definition) is 4. The second-order valence-electron chi connectivity index (χ2n) is 3.29. The van der Waals surface area contributed by atoms with Crippen LogP contribution in [0.4, 0.5) is 0 Å². The van der Waals surface area contributed by atoms with Crippen molar-refractivity contribution in [2.75, 3.05) is 5.75 Å². The smallest absolute Gasteiger partial charge is 0.206 e. The van der Waals surface area contributed by atoms with Crippen molar-refractivity contribution in [2.45, 2.75) is 24.3 Å². The first-order chi connectivity index (χ1) is 8.17. The van der Waals surface area contributed by atoms with Crippen molar-refractivity contribution >= 4 is 9.84 Å². The van der Waals surface area contributed by atoms with Gasteiger partial charge >= 0.3 is 0 Å². The maximum absolute atomic E-state index is 11.7. The van der Waals surface area contributed by atoms with E-state index in [2.05, 4.69) is 16.8 Å². The van der Waals surface area contributed by atoms with Crippen LogP contribution in [-0.4, -0.2) is 19.2 Å². The molecule has 0 aliphatic heterocycles. The Morgan fingerprint density at radius 1 is 1.24 bits per heavy atom. The second-order valence-corrected chi connectivity index (χ2v) is 5.23. The van der Waals surface area contributed by atoms with E-state index < -0.39 is 9.84 Å². The highest BCUT2D eigenvalue weighted by Gasteiger charge is 2.12. The lowest BCUT2D eigenvalue weighted by atomic mass is 10.2. The Balaban J connectivity index is 2.55. The van der Waals surface area contributed by atoms with E-state index >= 15 is 0 Å². The summed E-state index contributed by atoms with van der Waals surface area (Å²) in [6, 6.07) is 6.74. The molecule has 5 heteroatoms. The van der Waals surface area contributed by atoms with Gasteiger partial charge in [-0.1, -0.05) is 12.0 Å². The number of pyridine rings is 1. The summed E-state index contributed by atoms with van der Waals surface area (Å²) < 4.78 is 23.4. The minimum absolute atomic E-state index is 0.0475. The Morgan fingerprint density at radius 2 is 2.06 bits per heavy atom. The molecule has 0 unspecified atom stereocenters. The van der Waals surface area contributed by atoms with E-state index in [0.717, 1.165) is 0 Å². The zero-order valence-corrected chi connectivity index (χ0v) is 10.1. The molecule has 1 aromatic rings. The molecule has 0 atom stereocenters. The van der Waals surface area contributed by atoms with E-state index in [1.165, 1.54) is 12.3 Å². The Kier molecular flexibility index (Phi) is 5.19. The van der Waals surface area contributed by atoms with E-state index in [0.29, 0.717) is 19.3 Å². The Labute approximate surface area is 101 Å². The molecule has 1 aromatic heterocycles. The monoisotopic (exact) mass is 248 g/mol. The van der Waals surface area contributed by atoms with Crippen LogP contribution in [0.5, 0.6) is 0 Å². The third kappa shape index (κ3) is 4.67. The van der Waals surface area contributed by atoms with Crippen LogP contribution < -0.4 is 0 Å². The summed E-state index contributed by atoms with van der Waals surface area (Å²) in [6.45, 7) is 0. The molecule has 0 N–H and O–H groups in total. The van der Waals surface area contributed by atoms with Crippen LogP contribution >= 0.6 is 0 Å². The van der Waals surface area contributed by atoms with Gasteiger partial charge in [-0.3, -0.25) is 0 Å². The number of aromatic nitrogens is 1. The number of nitrogens with zero attached hydrogens (tertiary/aromatic N) is 2. The van der Waals surface area contributed by atoms with Crippen molar-refractivity contribution in [3.05, 3.63) is 24.4 Å². The van der Waals surface area contributed by atoms with Gasteiger partial charge < -0.3 is 0 Å². The molecule has 88 valence electrons. The highest BCUT2D eigenvalue weighted by Crippen LogP contribution is 2.05. The summed E-state index contributed by atoms with van der Waals surface area (Å²) in [7, 11) is -3.40. The minimum atomic E-state index is -3.40. The fourth-order valence-electron chi connectivity index (χ4n) is 1.10. The topological polar surface area (TPSA) is 70.8 Å². The predicted molar refractivity (Wildman–Crippen MR) is 63.5 cm³/mol. The van der Waals surface area contributed by atoms with Crippen molar-refractivity contribution in [3.8, 4) is 17.9 Å². The number of sulfone groups is 1. The molecular formula is C12H12N2O2S. The fourth-order valence-corrected chi connectivity index (χ4v) is 2.04. The molecule has 0 aromatic carbocycles. The van der Waals surface area contributed by atoms with Crippen molar-refractivity contribution in [3.63, 3.8) is 0 Å². The molecule has 0 saturated carbocycles. The van der Waals surface area contributed by atoms with Crippen LogP contribution in [-0.2, 0) is 9.84 Å². The van der Waals surface area contributed by atoms with E-state index in [1.54, 1.807) is 12.1 Å². The molecular weight excluding hydrogens is 236 g/mol. The molecule has 0 saturated heterocycles. The first kappa shape index (κ1) is 13.2. The molecule has 17 heavy (non-hydrogen) atoms. The number of rotatable bonds is 4. The average molecular weight is 248 g/mol. The van der Waals surface area contributed by atoms with Gasteiger partial charge in [0.25, 0.3) is 0 Å². The molecule has 0 bridgehead atoms. The molecule has 4 nitrogen and oxygen atoms in total. The molecule has 0 spiro atoms. The summed E-state index contributed by atoms with van der Waals surface area (Å²) in [5.74, 6) is 5.11. The Morgan fingerprint density at radius 3 is 2.71 bits per heavy atom. The van der Waals surface area contributed by atoms with Gasteiger partial charge in [-0.05, 0) is 18.6 Å². The van der Waals surface area contributed by atoms with Gasteiger partial charge in [0.2, 0.25) is 9.84 Å². The number of unbranched alkanes of at least 4 members (excludes halogenated alkanes) is 2. The summed E-state index contributed by atoms with van der Waals surface area (Å²) >= 11 is 0. The highest BCUT2D eigenvalue weighted by atomic mass is 32.2. The quantitative estimate of drug-likeness (QED) is 0.598. The third-order valence-electron chi connectivity index (χ3n) is 1.93. The predicted octanol–water partition coefficient (Wildman–Crippen LogP) is 1.55. The second kappa shape index (κ2) is 6.67. The zero-order chi connectivity index (χ0) is 12.6. The van der Waals surface area contributed by atoms with Gasteiger partial charge in [-0.2, -0.15) is 5.26 Å². The lowest BCUT2D eigenvalue weighted by molar-refractivity contribution is 0.596. The molecule has 0 radical (unpaired) electrons. The third-order valence-corrected chi connectivity index (χ3v) is 3.34. The maximum Gasteiger partial charge on any atom is 0.206 e. The lowest BCUT2D eigenvalue weighted by Crippen LogP contribution is -2.06. The normalized spacial score (nSPS) is 10.1. The maximum atomic E-state index is 11.7. The van der Waals surface area contributed by atoms with Crippen molar-refractivity contribution in [1.29, 1.82) is 5.26 Å². The largest absolute Gasteiger partial charge is 0.245 e. The lowest BCUT2D eigenvalue weighted by Gasteiger charge is -1.97. The van der Waals surface area contributed by atoms with Crippen LogP contribution in [0, 0.1) is 23.2 Å². The SMILES string of the molecule is N#CCCCC#CCS(=O)(=O)c1ccccn1. The number of nitriles is 1. The summed E-state index contributed by atoms with van der Waals surface area (Å²) in [5.41, 5.74) is 0. The van der Waals surface area contributed by atoms with Gasteiger partial charge in [0.1, 0.15) is 5.75 Å². The standard InChI is InChI=1S/C12H12N2O2S/c13-9-5-2-1-3-7-11-17(15,16)12-8-4-6-10-14-12/h4,6,8,10H,1-2,5,11H2. The van der Waals surface area contributed by atoms with Gasteiger partial charge in [-0.25, -0.2) is 13.4 Å². The molecule has 0 aliphatic carbocycles. The van der Waals surface area contributed by atoms with Gasteiger partial charge in [-0.15, -0.1) is 5.92 Å². The van der Waals surface area contributed by atoms with Gasteiger partial charge in [0.15, 0.2) is 5.03 Å². The average Bonchev–Trinajstić information content (AvgIpc) is 2.35. The van der Waals surface area contributed by atoms with E-state index in [9.17, 15) is 8.42 Å². The van der Waals surface area contributed by atoms with Crippen molar-refractivity contribution in [1.82, 2.24) is 4.98 Å². The fraction of sp³-hybridized carbons (Fsp3) is 0.333. The summed E-state index contributed by atoms with van der Waals surface area (Å²) in [6.07, 6.45) is 3.10. The minimum Gasteiger partial charge on any atom is -0.245 e. The van der Waals surface area contributed by atoms with E-state index in [1.807, 2.05) is 6.07 Å². The molecule has 0 amide bonds. The molecule has 0 aliphatic rings. The van der Waals surface area contributed by atoms with E-state index in [-0.39, 0.29) is 10.8 Å². The molecule has 1 heterocycles. The van der Waals surface area contributed by atoms with Crippen LogP contribution in [0.2, 0.25) is 0 Å². The Hall–Kier alpha value is -1.85. The highest BCUT2D eigenvalue weighted by molar-refractivity contribution is 7.91. The van der Waals surface area contributed by atoms with Crippen LogP contribution in [0.25, 0.3) is 0 Å². The first-order valence-corrected chi connectivity index (χ1v) is 6.78. The van der Waals surface area contributed by atoms with Crippen molar-refractivity contribution < 1.29 is 8.42 Å². The first-order valence-electron chi connectivity index (χ1n) is 5.13. The summed E-state index contributed by atoms with van der Waals surface area (Å²) in [4.78, 5) is 3.78. The Bertz CT molecular complexity index is 548. The van der Waals surface area contributed by atoms with Gasteiger partial charge in [0, 0.05) is 19.0 Å². The van der Waals surface area contributed by atoms with E-state index in [4.69, 9.17) is 5.26 Å². The molecule has 1 rings (SSSR count). The van der Waals surface area contributed by atoms with Gasteiger partial charge in [0.05, 0.1) is 6.07 Å². The zero-order valence-electron chi connectivity index (χ0n) is 9.26. The van der Waals surface area contributed by atoms with Crippen molar-refractivity contribution in [2.24, 2.45) is 0 Å². The van der Waals surface area contributed by atoms with Crippen LogP contribution in [0.3, 0.4) is 0 Å².